The van der Waals surface area contributed by atoms with E-state index in [4.69, 9.17) is 5.26 Å². The Morgan fingerprint density at radius 3 is 2.77 bits per heavy atom. The summed E-state index contributed by atoms with van der Waals surface area (Å²) in [6.07, 6.45) is 0.994. The summed E-state index contributed by atoms with van der Waals surface area (Å²) in [5.41, 5.74) is 2.27. The zero-order valence-electron chi connectivity index (χ0n) is 12.3. The molecule has 0 aliphatic carbocycles. The Labute approximate surface area is 126 Å². The van der Waals surface area contributed by atoms with Crippen LogP contribution in [0.15, 0.2) is 38.8 Å². The van der Waals surface area contributed by atoms with Crippen molar-refractivity contribution >= 4 is 11.5 Å². The molecule has 0 amide bonds. The Balaban J connectivity index is 1.98. The van der Waals surface area contributed by atoms with E-state index in [0.29, 0.717) is 29.8 Å². The van der Waals surface area contributed by atoms with Crippen LogP contribution >= 0.6 is 0 Å². The summed E-state index contributed by atoms with van der Waals surface area (Å²) in [5, 5.41) is 8.94. The van der Waals surface area contributed by atoms with Crippen LogP contribution in [-0.2, 0) is 26.9 Å². The summed E-state index contributed by atoms with van der Waals surface area (Å²) in [7, 11) is 3.09. The first-order valence-corrected chi connectivity index (χ1v) is 6.85. The van der Waals surface area contributed by atoms with Crippen LogP contribution in [-0.4, -0.2) is 14.8 Å². The minimum Gasteiger partial charge on any atom is -0.281 e. The molecule has 6 nitrogen and oxygen atoms in total. The molecule has 110 valence electrons. The number of hydrogen-bond donors (Lipinski definition) is 0. The van der Waals surface area contributed by atoms with Gasteiger partial charge in [-0.2, -0.15) is 5.26 Å². The lowest BCUT2D eigenvalue weighted by molar-refractivity contribution is 0.682. The lowest BCUT2D eigenvalue weighted by Gasteiger charge is -2.05. The second-order valence-electron chi connectivity index (χ2n) is 5.35. The topological polar surface area (TPSA) is 80.1 Å². The van der Waals surface area contributed by atoms with Gasteiger partial charge in [0.15, 0.2) is 0 Å². The molecular weight excluding hydrogens is 280 g/mol. The van der Waals surface area contributed by atoms with E-state index in [1.54, 1.807) is 13.1 Å². The van der Waals surface area contributed by atoms with Gasteiger partial charge in [-0.25, -0.2) is 9.79 Å². The highest BCUT2D eigenvalue weighted by molar-refractivity contribution is 5.94. The molecule has 0 radical (unpaired) electrons. The molecule has 0 spiro atoms. The molecule has 2 heterocycles. The van der Waals surface area contributed by atoms with Crippen molar-refractivity contribution < 1.29 is 0 Å². The molecule has 0 N–H and O–H groups in total. The van der Waals surface area contributed by atoms with Crippen LogP contribution in [0.2, 0.25) is 0 Å². The van der Waals surface area contributed by atoms with Crippen LogP contribution in [0.1, 0.15) is 16.7 Å². The van der Waals surface area contributed by atoms with E-state index >= 15 is 0 Å². The fraction of sp³-hybridized carbons (Fsp3) is 0.250. The molecule has 2 aromatic rings. The number of aromatic nitrogens is 2. The highest BCUT2D eigenvalue weighted by Gasteiger charge is 2.22. The van der Waals surface area contributed by atoms with E-state index in [9.17, 15) is 9.59 Å². The van der Waals surface area contributed by atoms with Crippen LogP contribution in [0.25, 0.3) is 0 Å². The van der Waals surface area contributed by atoms with Crippen molar-refractivity contribution in [2.75, 3.05) is 0 Å². The van der Waals surface area contributed by atoms with Crippen LogP contribution in [0.4, 0.5) is 5.82 Å². The Kier molecular flexibility index (Phi) is 3.26. The van der Waals surface area contributed by atoms with E-state index < -0.39 is 0 Å². The van der Waals surface area contributed by atoms with Crippen LogP contribution in [0, 0.1) is 11.3 Å². The first-order chi connectivity index (χ1) is 10.5. The highest BCUT2D eigenvalue weighted by atomic mass is 16.2. The minimum atomic E-state index is -0.375. The maximum absolute atomic E-state index is 12.2. The summed E-state index contributed by atoms with van der Waals surface area (Å²) in [5.74, 6) is 0.444. The number of aliphatic imine (C=N–C) groups is 1. The minimum absolute atomic E-state index is 0.289. The Morgan fingerprint density at radius 2 is 2.05 bits per heavy atom. The van der Waals surface area contributed by atoms with Gasteiger partial charge in [0.25, 0.3) is 5.56 Å². The Hall–Kier alpha value is -2.94. The number of nitrogens with zero attached hydrogens (tertiary/aromatic N) is 4. The zero-order valence-corrected chi connectivity index (χ0v) is 12.3. The third kappa shape index (κ3) is 2.17. The van der Waals surface area contributed by atoms with Crippen LogP contribution in [0.3, 0.4) is 0 Å². The predicted molar refractivity (Wildman–Crippen MR) is 82.6 cm³/mol. The molecule has 3 rings (SSSR count). The number of hydrogen-bond acceptors (Lipinski definition) is 4. The number of rotatable bonds is 2. The second kappa shape index (κ2) is 5.11. The summed E-state index contributed by atoms with van der Waals surface area (Å²) in [6, 6.07) is 9.40. The Morgan fingerprint density at radius 1 is 1.27 bits per heavy atom. The van der Waals surface area contributed by atoms with Crippen molar-refractivity contribution in [1.82, 2.24) is 9.13 Å². The number of nitriles is 1. The average Bonchev–Trinajstić information content (AvgIpc) is 2.95. The van der Waals surface area contributed by atoms with Crippen molar-refractivity contribution in [3.8, 4) is 6.07 Å². The summed E-state index contributed by atoms with van der Waals surface area (Å²) in [6.45, 7) is 0. The van der Waals surface area contributed by atoms with Gasteiger partial charge in [-0.1, -0.05) is 12.1 Å². The van der Waals surface area contributed by atoms with Crippen molar-refractivity contribution in [1.29, 1.82) is 5.26 Å². The quantitative estimate of drug-likeness (QED) is 0.822. The van der Waals surface area contributed by atoms with Gasteiger partial charge in [0.1, 0.15) is 5.82 Å². The predicted octanol–water partition coefficient (Wildman–Crippen LogP) is 0.827. The van der Waals surface area contributed by atoms with E-state index in [1.807, 2.05) is 18.2 Å². The molecular formula is C16H14N4O2. The van der Waals surface area contributed by atoms with Gasteiger partial charge in [0, 0.05) is 32.6 Å². The maximum atomic E-state index is 12.2. The van der Waals surface area contributed by atoms with E-state index in [0.717, 1.165) is 15.8 Å². The summed E-state index contributed by atoms with van der Waals surface area (Å²) < 4.78 is 2.50. The van der Waals surface area contributed by atoms with Crippen molar-refractivity contribution in [3.05, 3.63) is 61.8 Å². The van der Waals surface area contributed by atoms with Gasteiger partial charge >= 0.3 is 5.69 Å². The normalized spacial score (nSPS) is 12.7. The van der Waals surface area contributed by atoms with Gasteiger partial charge in [-0.15, -0.1) is 0 Å². The maximum Gasteiger partial charge on any atom is 0.332 e. The molecule has 1 aromatic heterocycles. The average molecular weight is 294 g/mol. The summed E-state index contributed by atoms with van der Waals surface area (Å²) >= 11 is 0. The SMILES string of the molecule is Cn1c2c(c(=O)n(C)c1=O)CC(Cc1cccc(C#N)c1)=N2. The number of benzene rings is 1. The smallest absolute Gasteiger partial charge is 0.281 e. The summed E-state index contributed by atoms with van der Waals surface area (Å²) in [4.78, 5) is 28.5. The Bertz CT molecular complexity index is 958. The van der Waals surface area contributed by atoms with Gasteiger partial charge in [0.05, 0.1) is 17.2 Å². The fourth-order valence-corrected chi connectivity index (χ4v) is 2.68. The first-order valence-electron chi connectivity index (χ1n) is 6.85. The lowest BCUT2D eigenvalue weighted by atomic mass is 10.0. The molecule has 0 saturated carbocycles. The van der Waals surface area contributed by atoms with Crippen molar-refractivity contribution in [2.24, 2.45) is 19.1 Å². The zero-order chi connectivity index (χ0) is 15.9. The van der Waals surface area contributed by atoms with Gasteiger partial charge in [0.2, 0.25) is 0 Å². The molecule has 6 heteroatoms. The largest absolute Gasteiger partial charge is 0.332 e. The third-order valence-corrected chi connectivity index (χ3v) is 3.83. The van der Waals surface area contributed by atoms with Gasteiger partial charge < -0.3 is 0 Å². The van der Waals surface area contributed by atoms with Crippen molar-refractivity contribution in [3.63, 3.8) is 0 Å². The molecule has 0 bridgehead atoms. The van der Waals surface area contributed by atoms with E-state index in [-0.39, 0.29) is 11.2 Å². The molecule has 0 fully saturated rings. The molecule has 0 saturated heterocycles. The molecule has 0 unspecified atom stereocenters. The number of fused-ring (bicyclic) bond motifs is 1. The highest BCUT2D eigenvalue weighted by Crippen LogP contribution is 2.23. The standard InChI is InChI=1S/C16H14N4O2/c1-19-14-13(15(21)20(2)16(19)22)8-12(18-14)7-10-4-3-5-11(6-10)9-17/h3-6H,7-8H2,1-2H3. The first kappa shape index (κ1) is 14.0. The third-order valence-electron chi connectivity index (χ3n) is 3.83. The van der Waals surface area contributed by atoms with E-state index in [2.05, 4.69) is 11.1 Å². The molecule has 1 aliphatic rings. The second-order valence-corrected chi connectivity index (χ2v) is 5.35. The monoisotopic (exact) mass is 294 g/mol. The van der Waals surface area contributed by atoms with Crippen LogP contribution < -0.4 is 11.2 Å². The van der Waals surface area contributed by atoms with Crippen molar-refractivity contribution in [2.45, 2.75) is 12.8 Å². The lowest BCUT2D eigenvalue weighted by Crippen LogP contribution is -2.38. The van der Waals surface area contributed by atoms with Gasteiger partial charge in [-0.05, 0) is 17.7 Å². The molecule has 0 atom stereocenters. The van der Waals surface area contributed by atoms with E-state index in [1.165, 1.54) is 11.6 Å². The van der Waals surface area contributed by atoms with Crippen LogP contribution in [0.5, 0.6) is 0 Å². The molecule has 1 aromatic carbocycles. The molecule has 22 heavy (non-hydrogen) atoms. The molecule has 1 aliphatic heterocycles. The van der Waals surface area contributed by atoms with Gasteiger partial charge in [-0.3, -0.25) is 13.9 Å². The fourth-order valence-electron chi connectivity index (χ4n) is 2.68.